The van der Waals surface area contributed by atoms with Gasteiger partial charge in [0.15, 0.2) is 0 Å². The van der Waals surface area contributed by atoms with Crippen molar-refractivity contribution < 1.29 is 23.8 Å². The van der Waals surface area contributed by atoms with E-state index in [4.69, 9.17) is 4.63 Å². The van der Waals surface area contributed by atoms with Crippen molar-refractivity contribution in [3.8, 4) is 11.1 Å². The van der Waals surface area contributed by atoms with Crippen LogP contribution in [0.2, 0.25) is 0 Å². The average Bonchev–Trinajstić information content (AvgIpc) is 3.74. The summed E-state index contributed by atoms with van der Waals surface area (Å²) in [5.41, 5.74) is 4.60. The van der Waals surface area contributed by atoms with Gasteiger partial charge in [0.05, 0.1) is 0 Å². The van der Waals surface area contributed by atoms with Crippen LogP contribution in [0.3, 0.4) is 0 Å². The number of anilines is 1. The van der Waals surface area contributed by atoms with Gasteiger partial charge in [-0.3, -0.25) is 24.1 Å². The second-order valence-electron chi connectivity index (χ2n) is 15.8. The van der Waals surface area contributed by atoms with Gasteiger partial charge < -0.3 is 0 Å². The fourth-order valence-electron chi connectivity index (χ4n) is 9.56. The Hall–Kier alpha value is -6.55. The van der Waals surface area contributed by atoms with Crippen LogP contribution in [0.4, 0.5) is 5.82 Å². The number of imide groups is 2. The summed E-state index contributed by atoms with van der Waals surface area (Å²) in [4.78, 5) is 64.9. The highest BCUT2D eigenvalue weighted by molar-refractivity contribution is 6.43. The Balaban J connectivity index is 1.05. The molecule has 58 heavy (non-hydrogen) atoms. The smallest absolute Gasteiger partial charge is 0.267 e. The highest BCUT2D eigenvalue weighted by Crippen LogP contribution is 2.47. The third-order valence-electron chi connectivity index (χ3n) is 12.4. The second kappa shape index (κ2) is 14.1. The van der Waals surface area contributed by atoms with Gasteiger partial charge in [0.2, 0.25) is 0 Å². The van der Waals surface area contributed by atoms with Crippen LogP contribution in [0.25, 0.3) is 65.3 Å². The molecule has 2 aliphatic heterocycles. The van der Waals surface area contributed by atoms with Crippen molar-refractivity contribution in [2.24, 2.45) is 0 Å². The van der Waals surface area contributed by atoms with Crippen LogP contribution in [-0.2, 0) is 0 Å². The standard InChI is InChI=1S/C48H41N5O5/c1-3-5-7-9-12-28(13-10-8-6-4-2)52-45(54)34-21-17-30-32-19-23-36-43-37(24-20-33(41(32)43)31-18-22-35(46(52)55)42(34)40(30)31)48(57)53(47(36)56)39-25-16-27(26-49-39)29-14-11-15-38-44(29)51-58-50-38/h11,14-26,28H,3-10,12-13H2,1-2H3. The molecule has 0 fully saturated rings. The Morgan fingerprint density at radius 1 is 0.534 bits per heavy atom. The Morgan fingerprint density at radius 2 is 1.07 bits per heavy atom. The molecule has 4 amide bonds. The van der Waals surface area contributed by atoms with Crippen molar-refractivity contribution >= 4 is 83.6 Å². The van der Waals surface area contributed by atoms with Crippen LogP contribution in [0.1, 0.15) is 119 Å². The van der Waals surface area contributed by atoms with Crippen LogP contribution in [0.15, 0.2) is 89.7 Å². The molecular formula is C48H41N5O5. The van der Waals surface area contributed by atoms with Gasteiger partial charge in [-0.1, -0.05) is 102 Å². The van der Waals surface area contributed by atoms with Crippen molar-refractivity contribution in [3.05, 3.63) is 107 Å². The molecule has 10 nitrogen and oxygen atoms in total. The highest BCUT2D eigenvalue weighted by atomic mass is 16.6. The number of carbonyl (C=O) groups is 4. The molecule has 288 valence electrons. The van der Waals surface area contributed by atoms with E-state index in [1.54, 1.807) is 41.4 Å². The number of aromatic nitrogens is 3. The van der Waals surface area contributed by atoms with Crippen LogP contribution >= 0.6 is 0 Å². The zero-order valence-electron chi connectivity index (χ0n) is 32.5. The summed E-state index contributed by atoms with van der Waals surface area (Å²) in [7, 11) is 0. The molecule has 10 rings (SSSR count). The lowest BCUT2D eigenvalue weighted by Crippen LogP contribution is -2.47. The van der Waals surface area contributed by atoms with Gasteiger partial charge in [-0.15, -0.1) is 0 Å². The molecule has 0 unspecified atom stereocenters. The van der Waals surface area contributed by atoms with Gasteiger partial charge in [-0.25, -0.2) is 14.5 Å². The minimum absolute atomic E-state index is 0.143. The Bertz CT molecular complexity index is 2850. The molecule has 10 heteroatoms. The van der Waals surface area contributed by atoms with E-state index in [1.807, 2.05) is 48.5 Å². The molecule has 0 saturated carbocycles. The summed E-state index contributed by atoms with van der Waals surface area (Å²) in [6.07, 6.45) is 11.9. The van der Waals surface area contributed by atoms with E-state index in [0.717, 1.165) is 113 Å². The maximum Gasteiger partial charge on any atom is 0.267 e. The summed E-state index contributed by atoms with van der Waals surface area (Å²) in [6, 6.07) is 23.9. The first-order chi connectivity index (χ1) is 28.4. The number of pyridine rings is 1. The lowest BCUT2D eigenvalue weighted by molar-refractivity contribution is 0.0516. The first kappa shape index (κ1) is 35.8. The van der Waals surface area contributed by atoms with Crippen LogP contribution < -0.4 is 4.90 Å². The predicted octanol–water partition coefficient (Wildman–Crippen LogP) is 11.0. The van der Waals surface area contributed by atoms with E-state index in [9.17, 15) is 19.2 Å². The third-order valence-corrected chi connectivity index (χ3v) is 12.4. The number of hydrogen-bond donors (Lipinski definition) is 0. The summed E-state index contributed by atoms with van der Waals surface area (Å²) >= 11 is 0. The highest BCUT2D eigenvalue weighted by Gasteiger charge is 2.39. The van der Waals surface area contributed by atoms with Crippen molar-refractivity contribution in [2.75, 3.05) is 4.90 Å². The molecule has 0 saturated heterocycles. The zero-order valence-corrected chi connectivity index (χ0v) is 32.5. The van der Waals surface area contributed by atoms with Crippen molar-refractivity contribution in [2.45, 2.75) is 84.1 Å². The Morgan fingerprint density at radius 3 is 1.57 bits per heavy atom. The number of nitrogens with zero attached hydrogens (tertiary/aromatic N) is 5. The third kappa shape index (κ3) is 5.34. The molecule has 0 aliphatic carbocycles. The second-order valence-corrected chi connectivity index (χ2v) is 15.8. The molecular weight excluding hydrogens is 727 g/mol. The van der Waals surface area contributed by atoms with Gasteiger partial charge in [0, 0.05) is 56.4 Å². The van der Waals surface area contributed by atoms with E-state index >= 15 is 0 Å². The number of hydrogen-bond acceptors (Lipinski definition) is 8. The first-order valence-corrected chi connectivity index (χ1v) is 20.6. The lowest BCUT2D eigenvalue weighted by atomic mass is 9.82. The molecule has 0 bridgehead atoms. The largest absolute Gasteiger partial charge is 0.271 e. The summed E-state index contributed by atoms with van der Waals surface area (Å²) in [5, 5.41) is 14.3. The first-order valence-electron chi connectivity index (χ1n) is 20.6. The molecule has 0 spiro atoms. The molecule has 0 radical (unpaired) electrons. The van der Waals surface area contributed by atoms with Gasteiger partial charge in [-0.05, 0) is 97.9 Å². The van der Waals surface area contributed by atoms with Gasteiger partial charge in [0.1, 0.15) is 16.9 Å². The van der Waals surface area contributed by atoms with E-state index in [1.165, 1.54) is 0 Å². The zero-order chi connectivity index (χ0) is 39.7. The Labute approximate surface area is 334 Å². The molecule has 4 heterocycles. The van der Waals surface area contributed by atoms with E-state index in [2.05, 4.69) is 29.1 Å². The van der Waals surface area contributed by atoms with E-state index in [0.29, 0.717) is 44.1 Å². The average molecular weight is 768 g/mol. The summed E-state index contributed by atoms with van der Waals surface area (Å²) in [5.74, 6) is -1.16. The summed E-state index contributed by atoms with van der Waals surface area (Å²) in [6.45, 7) is 4.38. The van der Waals surface area contributed by atoms with Gasteiger partial charge in [0.25, 0.3) is 23.6 Å². The van der Waals surface area contributed by atoms with Gasteiger partial charge >= 0.3 is 0 Å². The maximum atomic E-state index is 14.5. The number of amides is 4. The molecule has 6 aromatic carbocycles. The van der Waals surface area contributed by atoms with Crippen molar-refractivity contribution in [1.82, 2.24) is 20.2 Å². The number of rotatable bonds is 13. The fourth-order valence-corrected chi connectivity index (χ4v) is 9.56. The number of unbranched alkanes of at least 4 members (excludes halogenated alkanes) is 6. The van der Waals surface area contributed by atoms with E-state index < -0.39 is 11.8 Å². The normalized spacial score (nSPS) is 14.3. The Kier molecular flexibility index (Phi) is 8.73. The minimum Gasteiger partial charge on any atom is -0.271 e. The fraction of sp³-hybridized carbons (Fsp3) is 0.271. The molecule has 2 aromatic heterocycles. The topological polar surface area (TPSA) is 127 Å². The van der Waals surface area contributed by atoms with Gasteiger partial charge in [-0.2, -0.15) is 0 Å². The number of carbonyl (C=O) groups excluding carboxylic acids is 4. The predicted molar refractivity (Wildman–Crippen MR) is 226 cm³/mol. The monoisotopic (exact) mass is 767 g/mol. The molecule has 0 atom stereocenters. The molecule has 2 aliphatic rings. The number of benzene rings is 6. The maximum absolute atomic E-state index is 14.5. The minimum atomic E-state index is -0.462. The van der Waals surface area contributed by atoms with Crippen LogP contribution in [0.5, 0.6) is 0 Å². The lowest BCUT2D eigenvalue weighted by Gasteiger charge is -2.35. The SMILES string of the molecule is CCCCCCC(CCCCCC)N1C(=O)c2ccc3c4ccc5c6c(ccc(c7ccc(c2c37)C1=O)c64)C(=O)N(c1ccc(-c2cccc3nonc23)cn1)C5=O. The number of fused-ring (bicyclic) bond motifs is 3. The van der Waals surface area contributed by atoms with Crippen molar-refractivity contribution in [3.63, 3.8) is 0 Å². The summed E-state index contributed by atoms with van der Waals surface area (Å²) < 4.78 is 4.92. The van der Waals surface area contributed by atoms with Crippen molar-refractivity contribution in [1.29, 1.82) is 0 Å². The molecule has 8 aromatic rings. The quantitative estimate of drug-likeness (QED) is 0.0491. The van der Waals surface area contributed by atoms with E-state index in [-0.39, 0.29) is 23.7 Å². The van der Waals surface area contributed by atoms with Crippen LogP contribution in [-0.4, -0.2) is 49.9 Å². The molecule has 0 N–H and O–H groups in total. The van der Waals surface area contributed by atoms with Crippen LogP contribution in [0, 0.1) is 0 Å².